The van der Waals surface area contributed by atoms with Crippen LogP contribution >= 0.6 is 0 Å². The van der Waals surface area contributed by atoms with Crippen molar-refractivity contribution in [2.75, 3.05) is 6.54 Å². The normalized spacial score (nSPS) is 31.1. The SMILES string of the molecule is CCN(C1CCC(N)CC1)S(=O)(=O)C1CCCC1. The molecular formula is C13H26N2O2S. The number of nitrogens with two attached hydrogens (primary N) is 1. The van der Waals surface area contributed by atoms with Gasteiger partial charge in [0.15, 0.2) is 0 Å². The zero-order valence-corrected chi connectivity index (χ0v) is 12.2. The highest BCUT2D eigenvalue weighted by Crippen LogP contribution is 2.31. The molecule has 2 rings (SSSR count). The molecule has 0 amide bonds. The first kappa shape index (κ1) is 14.3. The van der Waals surface area contributed by atoms with E-state index in [1.54, 1.807) is 4.31 Å². The Labute approximate surface area is 111 Å². The molecule has 0 aliphatic heterocycles. The average molecular weight is 274 g/mol. The van der Waals surface area contributed by atoms with E-state index in [0.717, 1.165) is 51.4 Å². The molecule has 0 aromatic carbocycles. The Bertz CT molecular complexity index is 355. The predicted octanol–water partition coefficient (Wildman–Crippen LogP) is 1.85. The molecule has 0 aromatic rings. The Balaban J connectivity index is 2.07. The van der Waals surface area contributed by atoms with Crippen LogP contribution in [0.2, 0.25) is 0 Å². The summed E-state index contributed by atoms with van der Waals surface area (Å²) in [6.07, 6.45) is 7.62. The van der Waals surface area contributed by atoms with Crippen molar-refractivity contribution >= 4 is 10.0 Å². The quantitative estimate of drug-likeness (QED) is 0.851. The van der Waals surface area contributed by atoms with Gasteiger partial charge in [0.1, 0.15) is 0 Å². The van der Waals surface area contributed by atoms with Gasteiger partial charge in [-0.2, -0.15) is 4.31 Å². The van der Waals surface area contributed by atoms with Crippen LogP contribution in [0, 0.1) is 0 Å². The van der Waals surface area contributed by atoms with Crippen LogP contribution in [-0.2, 0) is 10.0 Å². The van der Waals surface area contributed by atoms with Crippen LogP contribution in [0.1, 0.15) is 58.3 Å². The van der Waals surface area contributed by atoms with Crippen LogP contribution in [0.25, 0.3) is 0 Å². The van der Waals surface area contributed by atoms with Gasteiger partial charge in [0, 0.05) is 18.6 Å². The summed E-state index contributed by atoms with van der Waals surface area (Å²) in [4.78, 5) is 0. The molecule has 0 unspecified atom stereocenters. The second-order valence-electron chi connectivity index (χ2n) is 5.72. The van der Waals surface area contributed by atoms with Crippen molar-refractivity contribution in [2.24, 2.45) is 5.73 Å². The largest absolute Gasteiger partial charge is 0.328 e. The molecule has 0 bridgehead atoms. The lowest BCUT2D eigenvalue weighted by atomic mass is 9.92. The topological polar surface area (TPSA) is 63.4 Å². The highest BCUT2D eigenvalue weighted by atomic mass is 32.2. The summed E-state index contributed by atoms with van der Waals surface area (Å²) < 4.78 is 27.1. The molecule has 2 aliphatic carbocycles. The average Bonchev–Trinajstić information content (AvgIpc) is 2.86. The molecule has 0 saturated heterocycles. The zero-order valence-electron chi connectivity index (χ0n) is 11.3. The number of nitrogens with zero attached hydrogens (tertiary/aromatic N) is 1. The van der Waals surface area contributed by atoms with Crippen molar-refractivity contribution in [3.63, 3.8) is 0 Å². The Kier molecular flexibility index (Phi) is 4.67. The molecule has 4 nitrogen and oxygen atoms in total. The van der Waals surface area contributed by atoms with Crippen molar-refractivity contribution in [3.8, 4) is 0 Å². The molecule has 0 radical (unpaired) electrons. The van der Waals surface area contributed by atoms with Crippen LogP contribution in [0.4, 0.5) is 0 Å². The fourth-order valence-corrected chi connectivity index (χ4v) is 5.71. The monoisotopic (exact) mass is 274 g/mol. The molecule has 18 heavy (non-hydrogen) atoms. The summed E-state index contributed by atoms with van der Waals surface area (Å²) in [6.45, 7) is 2.57. The molecule has 5 heteroatoms. The predicted molar refractivity (Wildman–Crippen MR) is 73.8 cm³/mol. The fraction of sp³-hybridized carbons (Fsp3) is 1.00. The van der Waals surface area contributed by atoms with E-state index >= 15 is 0 Å². The minimum absolute atomic E-state index is 0.118. The molecular weight excluding hydrogens is 248 g/mol. The van der Waals surface area contributed by atoms with Gasteiger partial charge >= 0.3 is 0 Å². The highest BCUT2D eigenvalue weighted by Gasteiger charge is 2.37. The van der Waals surface area contributed by atoms with Crippen molar-refractivity contribution in [1.82, 2.24) is 4.31 Å². The Morgan fingerprint density at radius 2 is 1.61 bits per heavy atom. The Morgan fingerprint density at radius 1 is 1.06 bits per heavy atom. The van der Waals surface area contributed by atoms with Crippen LogP contribution in [0.5, 0.6) is 0 Å². The maximum Gasteiger partial charge on any atom is 0.217 e. The van der Waals surface area contributed by atoms with Gasteiger partial charge < -0.3 is 5.73 Å². The minimum Gasteiger partial charge on any atom is -0.328 e. The smallest absolute Gasteiger partial charge is 0.217 e. The van der Waals surface area contributed by atoms with E-state index in [2.05, 4.69) is 0 Å². The molecule has 2 fully saturated rings. The zero-order chi connectivity index (χ0) is 13.2. The van der Waals surface area contributed by atoms with E-state index in [4.69, 9.17) is 5.73 Å². The Hall–Kier alpha value is -0.130. The molecule has 2 aliphatic rings. The van der Waals surface area contributed by atoms with Crippen molar-refractivity contribution in [3.05, 3.63) is 0 Å². The van der Waals surface area contributed by atoms with E-state index in [1.165, 1.54) is 0 Å². The summed E-state index contributed by atoms with van der Waals surface area (Å²) in [5.74, 6) is 0. The first-order valence-electron chi connectivity index (χ1n) is 7.32. The summed E-state index contributed by atoms with van der Waals surface area (Å²) in [6, 6.07) is 0.467. The fourth-order valence-electron chi connectivity index (χ4n) is 3.41. The third-order valence-electron chi connectivity index (χ3n) is 4.51. The van der Waals surface area contributed by atoms with E-state index in [9.17, 15) is 8.42 Å². The maximum atomic E-state index is 12.6. The Morgan fingerprint density at radius 3 is 2.11 bits per heavy atom. The van der Waals surface area contributed by atoms with Crippen molar-refractivity contribution < 1.29 is 8.42 Å². The molecule has 106 valence electrons. The molecule has 0 aromatic heterocycles. The van der Waals surface area contributed by atoms with Gasteiger partial charge in [-0.25, -0.2) is 8.42 Å². The molecule has 0 heterocycles. The van der Waals surface area contributed by atoms with Gasteiger partial charge in [-0.3, -0.25) is 0 Å². The number of hydrogen-bond donors (Lipinski definition) is 1. The van der Waals surface area contributed by atoms with Crippen LogP contribution in [-0.4, -0.2) is 36.6 Å². The van der Waals surface area contributed by atoms with Gasteiger partial charge in [0.25, 0.3) is 0 Å². The van der Waals surface area contributed by atoms with E-state index in [0.29, 0.717) is 6.54 Å². The van der Waals surface area contributed by atoms with Crippen LogP contribution in [0.15, 0.2) is 0 Å². The van der Waals surface area contributed by atoms with Crippen molar-refractivity contribution in [2.45, 2.75) is 75.6 Å². The van der Waals surface area contributed by atoms with E-state index < -0.39 is 10.0 Å². The first-order chi connectivity index (χ1) is 8.55. The number of hydrogen-bond acceptors (Lipinski definition) is 3. The molecule has 0 spiro atoms. The lowest BCUT2D eigenvalue weighted by Gasteiger charge is -2.36. The minimum atomic E-state index is -3.08. The van der Waals surface area contributed by atoms with E-state index in [1.807, 2.05) is 6.92 Å². The van der Waals surface area contributed by atoms with Crippen molar-refractivity contribution in [1.29, 1.82) is 0 Å². The standard InChI is InChI=1S/C13H26N2O2S/c1-2-15(12-9-7-11(14)8-10-12)18(16,17)13-5-3-4-6-13/h11-13H,2-10,14H2,1H3. The molecule has 2 saturated carbocycles. The lowest BCUT2D eigenvalue weighted by molar-refractivity contribution is 0.245. The summed E-state index contributed by atoms with van der Waals surface area (Å²) in [5.41, 5.74) is 5.90. The second kappa shape index (κ2) is 5.88. The summed E-state index contributed by atoms with van der Waals surface area (Å²) in [7, 11) is -3.08. The summed E-state index contributed by atoms with van der Waals surface area (Å²) >= 11 is 0. The highest BCUT2D eigenvalue weighted by molar-refractivity contribution is 7.89. The lowest BCUT2D eigenvalue weighted by Crippen LogP contribution is -2.47. The second-order valence-corrected chi connectivity index (χ2v) is 7.89. The van der Waals surface area contributed by atoms with Crippen LogP contribution < -0.4 is 5.73 Å². The van der Waals surface area contributed by atoms with Gasteiger partial charge in [-0.1, -0.05) is 19.8 Å². The molecule has 2 N–H and O–H groups in total. The molecule has 0 atom stereocenters. The van der Waals surface area contributed by atoms with Gasteiger partial charge in [-0.15, -0.1) is 0 Å². The maximum absolute atomic E-state index is 12.6. The van der Waals surface area contributed by atoms with Gasteiger partial charge in [0.05, 0.1) is 5.25 Å². The van der Waals surface area contributed by atoms with Gasteiger partial charge in [-0.05, 0) is 38.5 Å². The summed E-state index contributed by atoms with van der Waals surface area (Å²) in [5, 5.41) is -0.118. The first-order valence-corrected chi connectivity index (χ1v) is 8.82. The van der Waals surface area contributed by atoms with E-state index in [-0.39, 0.29) is 17.3 Å². The number of rotatable bonds is 4. The van der Waals surface area contributed by atoms with Gasteiger partial charge in [0.2, 0.25) is 10.0 Å². The third kappa shape index (κ3) is 2.89. The number of sulfonamides is 1. The van der Waals surface area contributed by atoms with Crippen LogP contribution in [0.3, 0.4) is 0 Å². The third-order valence-corrected chi connectivity index (χ3v) is 7.03.